The van der Waals surface area contributed by atoms with Gasteiger partial charge in [-0.3, -0.25) is 4.79 Å². The van der Waals surface area contributed by atoms with Crippen LogP contribution in [0.25, 0.3) is 0 Å². The van der Waals surface area contributed by atoms with Gasteiger partial charge >= 0.3 is 0 Å². The Balaban J connectivity index is 1.91. The predicted molar refractivity (Wildman–Crippen MR) is 68.8 cm³/mol. The van der Waals surface area contributed by atoms with Gasteiger partial charge in [-0.05, 0) is 48.1 Å². The molecular formula is C14H20OS. The average molecular weight is 236 g/mol. The molecular weight excluding hydrogens is 216 g/mol. The second kappa shape index (κ2) is 5.13. The van der Waals surface area contributed by atoms with E-state index in [2.05, 4.69) is 23.8 Å². The minimum absolute atomic E-state index is 0.0516. The number of aryl methyl sites for hydroxylation is 1. The van der Waals surface area contributed by atoms with Crippen molar-refractivity contribution in [1.82, 2.24) is 0 Å². The summed E-state index contributed by atoms with van der Waals surface area (Å²) < 4.78 is 0. The molecule has 0 aromatic carbocycles. The maximum absolute atomic E-state index is 12.3. The van der Waals surface area contributed by atoms with E-state index in [-0.39, 0.29) is 5.41 Å². The van der Waals surface area contributed by atoms with Gasteiger partial charge in [0.15, 0.2) is 0 Å². The molecule has 1 heterocycles. The van der Waals surface area contributed by atoms with E-state index in [9.17, 15) is 4.79 Å². The molecule has 2 rings (SSSR count). The Kier molecular flexibility index (Phi) is 3.80. The van der Waals surface area contributed by atoms with Gasteiger partial charge in [0.25, 0.3) is 0 Å². The Morgan fingerprint density at radius 3 is 2.75 bits per heavy atom. The van der Waals surface area contributed by atoms with E-state index in [1.54, 1.807) is 11.3 Å². The van der Waals surface area contributed by atoms with Crippen LogP contribution >= 0.6 is 11.3 Å². The number of Topliss-reactive ketones (excluding diaryl/α,β-unsaturated/α-hetero) is 1. The Hall–Kier alpha value is -0.630. The van der Waals surface area contributed by atoms with E-state index < -0.39 is 0 Å². The number of rotatable bonds is 5. The molecule has 0 bridgehead atoms. The second-order valence-electron chi connectivity index (χ2n) is 4.90. The molecule has 0 N–H and O–H groups in total. The lowest BCUT2D eigenvalue weighted by Crippen LogP contribution is -2.27. The molecule has 1 saturated carbocycles. The molecule has 0 unspecified atom stereocenters. The lowest BCUT2D eigenvalue weighted by molar-refractivity contribution is -0.128. The molecule has 2 heteroatoms. The van der Waals surface area contributed by atoms with Crippen LogP contribution in [0.4, 0.5) is 0 Å². The van der Waals surface area contributed by atoms with Crippen molar-refractivity contribution in [2.24, 2.45) is 5.41 Å². The van der Waals surface area contributed by atoms with Crippen molar-refractivity contribution in [1.29, 1.82) is 0 Å². The summed E-state index contributed by atoms with van der Waals surface area (Å²) >= 11 is 1.72. The molecule has 1 nitrogen and oxygen atoms in total. The Labute approximate surface area is 102 Å². The molecule has 0 atom stereocenters. The van der Waals surface area contributed by atoms with Gasteiger partial charge in [-0.2, -0.15) is 11.3 Å². The summed E-state index contributed by atoms with van der Waals surface area (Å²) in [7, 11) is 0. The summed E-state index contributed by atoms with van der Waals surface area (Å²) in [5.74, 6) is 0.513. The molecule has 0 amide bonds. The first-order valence-electron chi connectivity index (χ1n) is 6.31. The number of hydrogen-bond donors (Lipinski definition) is 0. The zero-order chi connectivity index (χ0) is 11.4. The average Bonchev–Trinajstić information content (AvgIpc) is 2.97. The number of thiophene rings is 1. The van der Waals surface area contributed by atoms with Crippen LogP contribution in [0, 0.1) is 5.41 Å². The van der Waals surface area contributed by atoms with Crippen molar-refractivity contribution in [3.8, 4) is 0 Å². The van der Waals surface area contributed by atoms with Crippen LogP contribution in [0.3, 0.4) is 0 Å². The van der Waals surface area contributed by atoms with Gasteiger partial charge < -0.3 is 0 Å². The summed E-state index contributed by atoms with van der Waals surface area (Å²) in [5.41, 5.74) is 1.37. The van der Waals surface area contributed by atoms with Crippen LogP contribution in [0.15, 0.2) is 16.8 Å². The summed E-state index contributed by atoms with van der Waals surface area (Å²) in [6, 6.07) is 2.13. The fourth-order valence-electron chi connectivity index (χ4n) is 2.84. The quantitative estimate of drug-likeness (QED) is 0.748. The fourth-order valence-corrected chi connectivity index (χ4v) is 3.54. The zero-order valence-electron chi connectivity index (χ0n) is 10.00. The van der Waals surface area contributed by atoms with Crippen LogP contribution in [0.5, 0.6) is 0 Å². The molecule has 88 valence electrons. The molecule has 0 saturated heterocycles. The SMILES string of the molecule is CCC1(C(=O)CCc2ccsc2)CCCC1. The third-order valence-electron chi connectivity index (χ3n) is 4.05. The van der Waals surface area contributed by atoms with E-state index in [4.69, 9.17) is 0 Å². The molecule has 0 aliphatic heterocycles. The largest absolute Gasteiger partial charge is 0.299 e. The highest BCUT2D eigenvalue weighted by Crippen LogP contribution is 2.42. The van der Waals surface area contributed by atoms with Crippen LogP contribution in [0.2, 0.25) is 0 Å². The highest BCUT2D eigenvalue weighted by molar-refractivity contribution is 7.07. The molecule has 1 aliphatic carbocycles. The van der Waals surface area contributed by atoms with Crippen molar-refractivity contribution >= 4 is 17.1 Å². The van der Waals surface area contributed by atoms with Crippen LogP contribution in [0.1, 0.15) is 51.0 Å². The number of hydrogen-bond acceptors (Lipinski definition) is 2. The molecule has 1 aliphatic rings. The Morgan fingerprint density at radius 1 is 1.44 bits per heavy atom. The van der Waals surface area contributed by atoms with E-state index in [0.717, 1.165) is 32.1 Å². The predicted octanol–water partition coefficient (Wildman–Crippen LogP) is 4.22. The maximum atomic E-state index is 12.3. The molecule has 16 heavy (non-hydrogen) atoms. The number of carbonyl (C=O) groups is 1. The third kappa shape index (κ3) is 2.37. The Bertz CT molecular complexity index is 334. The normalized spacial score (nSPS) is 18.8. The van der Waals surface area contributed by atoms with Crippen molar-refractivity contribution in [3.05, 3.63) is 22.4 Å². The number of ketones is 1. The van der Waals surface area contributed by atoms with E-state index in [1.165, 1.54) is 18.4 Å². The topological polar surface area (TPSA) is 17.1 Å². The van der Waals surface area contributed by atoms with Gasteiger partial charge in [0.1, 0.15) is 5.78 Å². The lowest BCUT2D eigenvalue weighted by atomic mass is 9.77. The van der Waals surface area contributed by atoms with Gasteiger partial charge in [0.05, 0.1) is 0 Å². The van der Waals surface area contributed by atoms with Gasteiger partial charge in [0, 0.05) is 11.8 Å². The van der Waals surface area contributed by atoms with Crippen LogP contribution in [-0.4, -0.2) is 5.78 Å². The smallest absolute Gasteiger partial charge is 0.139 e. The minimum atomic E-state index is 0.0516. The van der Waals surface area contributed by atoms with Crippen molar-refractivity contribution in [2.75, 3.05) is 0 Å². The van der Waals surface area contributed by atoms with Gasteiger partial charge in [-0.15, -0.1) is 0 Å². The van der Waals surface area contributed by atoms with Gasteiger partial charge in [-0.1, -0.05) is 19.8 Å². The first kappa shape index (κ1) is 11.8. The zero-order valence-corrected chi connectivity index (χ0v) is 10.8. The summed E-state index contributed by atoms with van der Waals surface area (Å²) in [6.07, 6.45) is 7.47. The minimum Gasteiger partial charge on any atom is -0.299 e. The third-order valence-corrected chi connectivity index (χ3v) is 4.78. The molecule has 1 aromatic heterocycles. The maximum Gasteiger partial charge on any atom is 0.139 e. The van der Waals surface area contributed by atoms with Gasteiger partial charge in [-0.25, -0.2) is 0 Å². The first-order valence-corrected chi connectivity index (χ1v) is 7.25. The standard InChI is InChI=1S/C14H20OS/c1-2-14(8-3-4-9-14)13(15)6-5-12-7-10-16-11-12/h7,10-11H,2-6,8-9H2,1H3. The highest BCUT2D eigenvalue weighted by Gasteiger charge is 2.38. The van der Waals surface area contributed by atoms with Crippen molar-refractivity contribution in [3.63, 3.8) is 0 Å². The Morgan fingerprint density at radius 2 is 2.19 bits per heavy atom. The second-order valence-corrected chi connectivity index (χ2v) is 5.68. The fraction of sp³-hybridized carbons (Fsp3) is 0.643. The van der Waals surface area contributed by atoms with E-state index >= 15 is 0 Å². The van der Waals surface area contributed by atoms with Crippen LogP contribution in [-0.2, 0) is 11.2 Å². The molecule has 1 aromatic rings. The van der Waals surface area contributed by atoms with Crippen molar-refractivity contribution < 1.29 is 4.79 Å². The summed E-state index contributed by atoms with van der Waals surface area (Å²) in [5, 5.41) is 4.24. The summed E-state index contributed by atoms with van der Waals surface area (Å²) in [4.78, 5) is 12.3. The number of carbonyl (C=O) groups excluding carboxylic acids is 1. The molecule has 1 fully saturated rings. The molecule has 0 radical (unpaired) electrons. The van der Waals surface area contributed by atoms with Crippen LogP contribution < -0.4 is 0 Å². The first-order chi connectivity index (χ1) is 7.77. The lowest BCUT2D eigenvalue weighted by Gasteiger charge is -2.25. The van der Waals surface area contributed by atoms with Crippen molar-refractivity contribution in [2.45, 2.75) is 51.9 Å². The van der Waals surface area contributed by atoms with E-state index in [0.29, 0.717) is 5.78 Å². The highest BCUT2D eigenvalue weighted by atomic mass is 32.1. The van der Waals surface area contributed by atoms with E-state index in [1.807, 2.05) is 0 Å². The monoisotopic (exact) mass is 236 g/mol. The molecule has 0 spiro atoms. The summed E-state index contributed by atoms with van der Waals surface area (Å²) in [6.45, 7) is 2.17. The van der Waals surface area contributed by atoms with Gasteiger partial charge in [0.2, 0.25) is 0 Å².